The number of amides is 1. The van der Waals surface area contributed by atoms with Gasteiger partial charge in [0.1, 0.15) is 10.2 Å². The van der Waals surface area contributed by atoms with Gasteiger partial charge in [0.25, 0.3) is 5.56 Å². The van der Waals surface area contributed by atoms with E-state index in [2.05, 4.69) is 26.2 Å². The molecule has 7 nitrogen and oxygen atoms in total. The fraction of sp³-hybridized carbons (Fsp3) is 0.389. The summed E-state index contributed by atoms with van der Waals surface area (Å²) in [6.07, 6.45) is 1.28. The van der Waals surface area contributed by atoms with Crippen LogP contribution in [0.15, 0.2) is 33.8 Å². The molecule has 1 N–H and O–H groups in total. The molecule has 1 aromatic heterocycles. The molecule has 8 heteroatoms. The van der Waals surface area contributed by atoms with E-state index in [0.29, 0.717) is 17.7 Å². The number of ether oxygens (including phenoxy) is 1. The van der Waals surface area contributed by atoms with Gasteiger partial charge < -0.3 is 14.6 Å². The largest absolute Gasteiger partial charge is 0.444 e. The average Bonchev–Trinajstić information content (AvgIpc) is 2.94. The van der Waals surface area contributed by atoms with Gasteiger partial charge in [-0.05, 0) is 60.0 Å². The topological polar surface area (TPSA) is 76.5 Å². The van der Waals surface area contributed by atoms with Gasteiger partial charge >= 0.3 is 6.09 Å². The zero-order chi connectivity index (χ0) is 19.1. The molecular weight excluding hydrogens is 400 g/mol. The van der Waals surface area contributed by atoms with E-state index in [9.17, 15) is 9.59 Å². The number of hydrogen-bond acceptors (Lipinski definition) is 5. The Kier molecular flexibility index (Phi) is 4.79. The minimum Gasteiger partial charge on any atom is -0.444 e. The van der Waals surface area contributed by atoms with Gasteiger partial charge in [-0.15, -0.1) is 0 Å². The lowest BCUT2D eigenvalue weighted by Crippen LogP contribution is -2.33. The molecule has 0 atom stereocenters. The molecule has 0 spiro atoms. The third-order valence-corrected chi connectivity index (χ3v) is 4.27. The van der Waals surface area contributed by atoms with Crippen molar-refractivity contribution < 1.29 is 9.53 Å². The highest BCUT2D eigenvalue weighted by Gasteiger charge is 2.27. The van der Waals surface area contributed by atoms with Crippen LogP contribution in [0.5, 0.6) is 0 Å². The molecule has 0 radical (unpaired) electrons. The summed E-state index contributed by atoms with van der Waals surface area (Å²) < 4.78 is 7.46. The Hall–Kier alpha value is -2.35. The number of aromatic nitrogens is 2. The second kappa shape index (κ2) is 6.75. The first-order chi connectivity index (χ1) is 12.1. The quantitative estimate of drug-likeness (QED) is 0.803. The van der Waals surface area contributed by atoms with E-state index in [1.165, 1.54) is 4.57 Å². The van der Waals surface area contributed by atoms with Gasteiger partial charge in [-0.2, -0.15) is 0 Å². The Balaban J connectivity index is 1.77. The maximum absolute atomic E-state index is 12.3. The van der Waals surface area contributed by atoms with E-state index in [0.717, 1.165) is 16.8 Å². The summed E-state index contributed by atoms with van der Waals surface area (Å²) >= 11 is 3.29. The highest BCUT2D eigenvalue weighted by atomic mass is 79.9. The van der Waals surface area contributed by atoms with E-state index in [1.54, 1.807) is 18.1 Å². The summed E-state index contributed by atoms with van der Waals surface area (Å²) in [5.41, 5.74) is 2.09. The van der Waals surface area contributed by atoms with Crippen LogP contribution in [-0.2, 0) is 24.9 Å². The van der Waals surface area contributed by atoms with E-state index < -0.39 is 5.60 Å². The Bertz CT molecular complexity index is 918. The molecular formula is C18H21BrN4O3. The van der Waals surface area contributed by atoms with Crippen LogP contribution in [0.25, 0.3) is 0 Å². The Morgan fingerprint density at radius 3 is 2.65 bits per heavy atom. The van der Waals surface area contributed by atoms with Crippen molar-refractivity contribution in [3.63, 3.8) is 0 Å². The van der Waals surface area contributed by atoms with E-state index in [1.807, 2.05) is 39.0 Å². The van der Waals surface area contributed by atoms with Gasteiger partial charge in [0, 0.05) is 32.0 Å². The van der Waals surface area contributed by atoms with Crippen LogP contribution in [0.4, 0.5) is 16.3 Å². The fourth-order valence-corrected chi connectivity index (χ4v) is 3.20. The molecule has 0 saturated heterocycles. The number of carbonyl (C=O) groups excluding carboxylic acids is 1. The summed E-state index contributed by atoms with van der Waals surface area (Å²) in [6, 6.07) is 5.76. The van der Waals surface area contributed by atoms with Crippen molar-refractivity contribution in [3.05, 3.63) is 50.5 Å². The lowest BCUT2D eigenvalue weighted by Gasteiger charge is -2.24. The van der Waals surface area contributed by atoms with E-state index in [4.69, 9.17) is 4.74 Å². The maximum atomic E-state index is 12.3. The first-order valence-corrected chi connectivity index (χ1v) is 9.01. The van der Waals surface area contributed by atoms with Crippen LogP contribution in [-0.4, -0.2) is 26.1 Å². The van der Waals surface area contributed by atoms with Crippen molar-refractivity contribution in [1.29, 1.82) is 0 Å². The molecule has 0 fully saturated rings. The molecule has 0 unspecified atom stereocenters. The van der Waals surface area contributed by atoms with Crippen LogP contribution in [0.1, 0.15) is 31.9 Å². The van der Waals surface area contributed by atoms with Crippen LogP contribution < -0.4 is 10.9 Å². The van der Waals surface area contributed by atoms with Crippen molar-refractivity contribution in [2.24, 2.45) is 7.05 Å². The Morgan fingerprint density at radius 1 is 1.27 bits per heavy atom. The van der Waals surface area contributed by atoms with Crippen molar-refractivity contribution in [2.45, 2.75) is 39.5 Å². The number of anilines is 2. The normalized spacial score (nSPS) is 13.5. The van der Waals surface area contributed by atoms with Crippen LogP contribution in [0, 0.1) is 0 Å². The Morgan fingerprint density at radius 2 is 1.96 bits per heavy atom. The molecule has 1 aliphatic heterocycles. The van der Waals surface area contributed by atoms with Crippen molar-refractivity contribution in [2.75, 3.05) is 5.32 Å². The monoisotopic (exact) mass is 420 g/mol. The molecule has 0 bridgehead atoms. The fourth-order valence-electron chi connectivity index (χ4n) is 2.71. The molecule has 2 heterocycles. The van der Waals surface area contributed by atoms with Crippen molar-refractivity contribution in [3.8, 4) is 0 Å². The third kappa shape index (κ3) is 4.07. The van der Waals surface area contributed by atoms with Crippen molar-refractivity contribution >= 4 is 33.5 Å². The number of nitrogens with one attached hydrogen (secondary N) is 1. The number of fused-ring (bicyclic) bond motifs is 1. The maximum Gasteiger partial charge on any atom is 0.410 e. The van der Waals surface area contributed by atoms with Gasteiger partial charge in [-0.25, -0.2) is 9.78 Å². The predicted molar refractivity (Wildman–Crippen MR) is 102 cm³/mol. The van der Waals surface area contributed by atoms with Crippen LogP contribution >= 0.6 is 15.9 Å². The molecule has 0 aliphatic carbocycles. The number of hydrogen-bond donors (Lipinski definition) is 1. The predicted octanol–water partition coefficient (Wildman–Crippen LogP) is 3.54. The standard InChI is InChI=1S/C18H21BrN4O3/c1-18(2,3)26-17(25)23-8-11-5-6-13(7-12(11)9-23)20-15-16(24)22(4)10-14(19)21-15/h5-7,10H,8-9H2,1-4H3,(H,20,21). The summed E-state index contributed by atoms with van der Waals surface area (Å²) in [4.78, 5) is 30.3. The first kappa shape index (κ1) is 18.4. The molecule has 0 saturated carbocycles. The van der Waals surface area contributed by atoms with Gasteiger partial charge in [-0.3, -0.25) is 9.69 Å². The Labute approximate surface area is 160 Å². The van der Waals surface area contributed by atoms with Crippen LogP contribution in [0.2, 0.25) is 0 Å². The lowest BCUT2D eigenvalue weighted by molar-refractivity contribution is 0.0242. The van der Waals surface area contributed by atoms with Crippen LogP contribution in [0.3, 0.4) is 0 Å². The highest BCUT2D eigenvalue weighted by Crippen LogP contribution is 2.28. The number of carbonyl (C=O) groups is 1. The molecule has 26 heavy (non-hydrogen) atoms. The second-order valence-corrected chi connectivity index (χ2v) is 8.09. The van der Waals surface area contributed by atoms with Crippen molar-refractivity contribution in [1.82, 2.24) is 14.5 Å². The highest BCUT2D eigenvalue weighted by molar-refractivity contribution is 9.10. The van der Waals surface area contributed by atoms with Gasteiger partial charge in [0.2, 0.25) is 0 Å². The van der Waals surface area contributed by atoms with E-state index in [-0.39, 0.29) is 17.5 Å². The molecule has 1 aliphatic rings. The zero-order valence-corrected chi connectivity index (χ0v) is 16.8. The third-order valence-electron chi connectivity index (χ3n) is 3.88. The summed E-state index contributed by atoms with van der Waals surface area (Å²) in [6.45, 7) is 6.54. The average molecular weight is 421 g/mol. The summed E-state index contributed by atoms with van der Waals surface area (Å²) in [5, 5.41) is 3.06. The number of nitrogens with zero attached hydrogens (tertiary/aromatic N) is 3. The van der Waals surface area contributed by atoms with Gasteiger partial charge in [-0.1, -0.05) is 6.07 Å². The molecule has 138 valence electrons. The zero-order valence-electron chi connectivity index (χ0n) is 15.2. The van der Waals surface area contributed by atoms with Gasteiger partial charge in [0.05, 0.1) is 0 Å². The molecule has 1 aromatic carbocycles. The van der Waals surface area contributed by atoms with E-state index >= 15 is 0 Å². The smallest absolute Gasteiger partial charge is 0.410 e. The minimum atomic E-state index is -0.523. The van der Waals surface area contributed by atoms with Gasteiger partial charge in [0.15, 0.2) is 5.82 Å². The molecule has 3 rings (SSSR count). The number of halogens is 1. The number of rotatable bonds is 2. The first-order valence-electron chi connectivity index (χ1n) is 8.22. The SMILES string of the molecule is Cn1cc(Br)nc(Nc2ccc3c(c2)CN(C(=O)OC(C)(C)C)C3)c1=O. The second-order valence-electron chi connectivity index (χ2n) is 7.27. The number of benzene rings is 1. The summed E-state index contributed by atoms with van der Waals surface area (Å²) in [7, 11) is 1.67. The summed E-state index contributed by atoms with van der Waals surface area (Å²) in [5.74, 6) is 0.240. The lowest BCUT2D eigenvalue weighted by atomic mass is 10.1. The molecule has 1 amide bonds. The number of aryl methyl sites for hydroxylation is 1. The molecule has 2 aromatic rings. The minimum absolute atomic E-state index is 0.218.